The average molecular weight is 839 g/mol. The monoisotopic (exact) mass is 838 g/mol. The first kappa shape index (κ1) is 40.4. The Labute approximate surface area is 384 Å². The number of hydrogen-bond acceptors (Lipinski definition) is 1. The van der Waals surface area contributed by atoms with Gasteiger partial charge in [0.05, 0.1) is 16.7 Å². The molecule has 8 aromatic carbocycles. The van der Waals surface area contributed by atoms with E-state index in [4.69, 9.17) is 6.58 Å². The minimum atomic E-state index is 0.987. The molecule has 2 heteroatoms. The normalized spacial score (nSPS) is 17.0. The van der Waals surface area contributed by atoms with Crippen molar-refractivity contribution < 1.29 is 0 Å². The topological polar surface area (TPSA) is 8.17 Å². The van der Waals surface area contributed by atoms with Crippen molar-refractivity contribution in [2.24, 2.45) is 0 Å². The summed E-state index contributed by atoms with van der Waals surface area (Å²) in [6.45, 7) is 4.96. The molecule has 0 amide bonds. The number of rotatable bonds is 8. The number of nitrogens with zero attached hydrogens (tertiary/aromatic N) is 2. The summed E-state index contributed by atoms with van der Waals surface area (Å²) in [6, 6.07) is 75.9. The molecule has 316 valence electrons. The molecule has 1 fully saturated rings. The third-order valence-electron chi connectivity index (χ3n) is 13.8. The lowest BCUT2D eigenvalue weighted by atomic mass is 9.79. The Hall–Kier alpha value is -7.42. The van der Waals surface area contributed by atoms with Crippen LogP contribution in [0.25, 0.3) is 66.4 Å². The van der Waals surface area contributed by atoms with Crippen LogP contribution in [-0.4, -0.2) is 4.57 Å². The van der Waals surface area contributed by atoms with Gasteiger partial charge in [-0.05, 0) is 167 Å². The van der Waals surface area contributed by atoms with Crippen LogP contribution in [0, 0.1) is 0 Å². The lowest BCUT2D eigenvalue weighted by molar-refractivity contribution is 0.650. The summed E-state index contributed by atoms with van der Waals surface area (Å²) in [5, 5.41) is 2.53. The summed E-state index contributed by atoms with van der Waals surface area (Å²) < 4.78 is 2.39. The molecule has 0 atom stereocenters. The molecule has 1 heterocycles. The average Bonchev–Trinajstić information content (AvgIpc) is 3.71. The quantitative estimate of drug-likeness (QED) is 0.148. The second-order valence-corrected chi connectivity index (χ2v) is 17.8. The van der Waals surface area contributed by atoms with Gasteiger partial charge in [0.25, 0.3) is 0 Å². The first-order chi connectivity index (χ1) is 32.2. The van der Waals surface area contributed by atoms with E-state index in [1.54, 1.807) is 0 Å². The molecule has 2 nitrogen and oxygen atoms in total. The molecule has 0 radical (unpaired) electrons. The zero-order valence-electron chi connectivity index (χ0n) is 37.1. The van der Waals surface area contributed by atoms with E-state index in [-0.39, 0.29) is 0 Å². The maximum atomic E-state index is 4.96. The van der Waals surface area contributed by atoms with E-state index in [2.05, 4.69) is 216 Å². The fourth-order valence-corrected chi connectivity index (χ4v) is 10.6. The maximum absolute atomic E-state index is 4.96. The highest BCUT2D eigenvalue weighted by Gasteiger charge is 2.28. The van der Waals surface area contributed by atoms with Gasteiger partial charge in [0.1, 0.15) is 0 Å². The highest BCUT2D eigenvalue weighted by Crippen LogP contribution is 2.46. The van der Waals surface area contributed by atoms with Crippen molar-refractivity contribution in [1.29, 1.82) is 0 Å². The maximum Gasteiger partial charge on any atom is 0.0541 e. The fourth-order valence-electron chi connectivity index (χ4n) is 10.6. The van der Waals surface area contributed by atoms with Crippen LogP contribution in [0.3, 0.4) is 0 Å². The van der Waals surface area contributed by atoms with Crippen LogP contribution in [0.1, 0.15) is 63.4 Å². The van der Waals surface area contributed by atoms with E-state index >= 15 is 0 Å². The first-order valence-electron chi connectivity index (χ1n) is 23.6. The van der Waals surface area contributed by atoms with Crippen LogP contribution in [0.4, 0.5) is 11.4 Å². The number of allylic oxidation sites excluding steroid dienone is 4. The van der Waals surface area contributed by atoms with E-state index in [1.807, 2.05) is 0 Å². The van der Waals surface area contributed by atoms with Gasteiger partial charge in [-0.25, -0.2) is 0 Å². The van der Waals surface area contributed by atoms with E-state index < -0.39 is 0 Å². The number of anilines is 2. The molecule has 2 aliphatic rings. The zero-order chi connectivity index (χ0) is 43.5. The smallest absolute Gasteiger partial charge is 0.0541 e. The molecule has 0 N–H and O–H groups in total. The molecule has 11 rings (SSSR count). The van der Waals surface area contributed by atoms with Crippen LogP contribution < -0.4 is 4.90 Å². The minimum Gasteiger partial charge on any atom is -0.310 e. The van der Waals surface area contributed by atoms with Gasteiger partial charge in [0, 0.05) is 27.8 Å². The van der Waals surface area contributed by atoms with Gasteiger partial charge in [0.2, 0.25) is 0 Å². The minimum absolute atomic E-state index is 0.987. The number of aromatic nitrogens is 1. The van der Waals surface area contributed by atoms with Crippen molar-refractivity contribution >= 4 is 38.8 Å². The van der Waals surface area contributed by atoms with Gasteiger partial charge in [-0.15, -0.1) is 0 Å². The van der Waals surface area contributed by atoms with Crippen molar-refractivity contribution in [3.05, 3.63) is 241 Å². The van der Waals surface area contributed by atoms with E-state index in [0.717, 1.165) is 43.5 Å². The second-order valence-electron chi connectivity index (χ2n) is 17.8. The number of fused-ring (bicyclic) bond motifs is 4. The molecular weight excluding hydrogens is 785 g/mol. The Morgan fingerprint density at radius 1 is 0.338 bits per heavy atom. The molecule has 0 saturated heterocycles. The molecule has 0 unspecified atom stereocenters. The Balaban J connectivity index is 1.05. The Bertz CT molecular complexity index is 3190. The van der Waals surface area contributed by atoms with Gasteiger partial charge in [0.15, 0.2) is 0 Å². The number of hydrogen-bond donors (Lipinski definition) is 0. The van der Waals surface area contributed by atoms with Crippen molar-refractivity contribution in [2.45, 2.75) is 57.8 Å². The van der Waals surface area contributed by atoms with Crippen molar-refractivity contribution in [1.82, 2.24) is 4.57 Å². The van der Waals surface area contributed by atoms with E-state index in [9.17, 15) is 0 Å². The SMILES string of the molecule is C=C1CCCCC/C(c2ccc(-c3ccccc3)cc2)=C2/CCCC/C2=C/1N(c1ccc(-c2ccccc2)cc1)c1ccc(-c2ccc3c(c2)c2ccccc2n3-c2ccccc2)cc1. The largest absolute Gasteiger partial charge is 0.310 e. The Morgan fingerprint density at radius 2 is 0.785 bits per heavy atom. The molecule has 0 aliphatic heterocycles. The van der Waals surface area contributed by atoms with Gasteiger partial charge in [-0.1, -0.05) is 165 Å². The Morgan fingerprint density at radius 3 is 1.43 bits per heavy atom. The summed E-state index contributed by atoms with van der Waals surface area (Å²) in [7, 11) is 0. The third-order valence-corrected chi connectivity index (χ3v) is 13.8. The third kappa shape index (κ3) is 7.95. The summed E-state index contributed by atoms with van der Waals surface area (Å²) in [4.78, 5) is 2.55. The standard InChI is InChI=1S/C63H54N2/c1-45-18-6-2-13-25-56(51-32-30-48(31-33-51)46-19-7-3-8-20-46)57-26-14-15-28-59(57)63(45)64(54-39-34-49(35-40-54)47-21-9-4-10-22-47)55-41-36-50(37-42-55)52-38-43-62-60(44-52)58-27-16-17-29-61(58)65(62)53-23-11-5-12-24-53/h3-5,7-12,16-17,19-24,27,29-44H,1-2,6,13-15,18,25-26,28H2/b57-56+,63-59+. The Kier molecular flexibility index (Phi) is 11.2. The van der Waals surface area contributed by atoms with Crippen LogP contribution in [0.15, 0.2) is 235 Å². The molecule has 1 saturated carbocycles. The second kappa shape index (κ2) is 18.0. The molecule has 1 aromatic heterocycles. The van der Waals surface area contributed by atoms with Crippen molar-refractivity contribution in [3.8, 4) is 39.1 Å². The van der Waals surface area contributed by atoms with Gasteiger partial charge in [-0.2, -0.15) is 0 Å². The van der Waals surface area contributed by atoms with Crippen LogP contribution >= 0.6 is 0 Å². The molecule has 65 heavy (non-hydrogen) atoms. The summed E-state index contributed by atoms with van der Waals surface area (Å²) in [5.41, 5.74) is 21.7. The highest BCUT2D eigenvalue weighted by molar-refractivity contribution is 6.10. The fraction of sp³-hybridized carbons (Fsp3) is 0.143. The van der Waals surface area contributed by atoms with Gasteiger partial charge < -0.3 is 9.47 Å². The summed E-state index contributed by atoms with van der Waals surface area (Å²) in [6.07, 6.45) is 10.1. The number of benzene rings is 8. The molecule has 9 aromatic rings. The highest BCUT2D eigenvalue weighted by atomic mass is 15.2. The summed E-state index contributed by atoms with van der Waals surface area (Å²) in [5.74, 6) is 0. The first-order valence-corrected chi connectivity index (χ1v) is 23.6. The van der Waals surface area contributed by atoms with Crippen molar-refractivity contribution in [3.63, 3.8) is 0 Å². The van der Waals surface area contributed by atoms with E-state index in [0.29, 0.717) is 0 Å². The lowest BCUT2D eigenvalue weighted by Crippen LogP contribution is -2.22. The van der Waals surface area contributed by atoms with Crippen molar-refractivity contribution in [2.75, 3.05) is 4.90 Å². The predicted octanol–water partition coefficient (Wildman–Crippen LogP) is 17.7. The molecule has 0 spiro atoms. The zero-order valence-corrected chi connectivity index (χ0v) is 37.1. The van der Waals surface area contributed by atoms with Gasteiger partial charge >= 0.3 is 0 Å². The predicted molar refractivity (Wildman–Crippen MR) is 277 cm³/mol. The van der Waals surface area contributed by atoms with Crippen LogP contribution in [-0.2, 0) is 0 Å². The number of para-hydroxylation sites is 2. The molecule has 2 aliphatic carbocycles. The molecule has 0 bridgehead atoms. The lowest BCUT2D eigenvalue weighted by Gasteiger charge is -2.35. The molecular formula is C63H54N2. The van der Waals surface area contributed by atoms with Gasteiger partial charge in [-0.3, -0.25) is 0 Å². The van der Waals surface area contributed by atoms with Crippen LogP contribution in [0.5, 0.6) is 0 Å². The van der Waals surface area contributed by atoms with Crippen LogP contribution in [0.2, 0.25) is 0 Å². The van der Waals surface area contributed by atoms with E-state index in [1.165, 1.54) is 120 Å². The summed E-state index contributed by atoms with van der Waals surface area (Å²) >= 11 is 0.